The standard InChI is InChI=1S/C22H25ClN4O3/c1-26(18-9-7-17(23)8-10-18)22(30)19(13-16-5-3-2-4-6-16)25-20(28)15-27-12-11-24-14-21(27)29/h2-10,19,24H,11-15H2,1H3,(H,25,28)/t19-/m0/s1. The number of nitrogens with one attached hydrogen (secondary N) is 2. The van der Waals surface area contributed by atoms with Gasteiger partial charge in [-0.25, -0.2) is 0 Å². The van der Waals surface area contributed by atoms with Crippen LogP contribution in [0.4, 0.5) is 5.69 Å². The number of carbonyl (C=O) groups excluding carboxylic acids is 3. The average molecular weight is 429 g/mol. The number of likely N-dealkylation sites (N-methyl/N-ethyl adjacent to an activating group) is 1. The van der Waals surface area contributed by atoms with E-state index >= 15 is 0 Å². The number of benzene rings is 2. The van der Waals surface area contributed by atoms with Gasteiger partial charge in [-0.2, -0.15) is 0 Å². The van der Waals surface area contributed by atoms with Crippen molar-refractivity contribution < 1.29 is 14.4 Å². The molecule has 0 spiro atoms. The first-order valence-electron chi connectivity index (χ1n) is 9.79. The van der Waals surface area contributed by atoms with Gasteiger partial charge in [0.25, 0.3) is 0 Å². The van der Waals surface area contributed by atoms with Crippen molar-refractivity contribution in [2.45, 2.75) is 12.5 Å². The molecule has 0 aliphatic carbocycles. The van der Waals surface area contributed by atoms with E-state index < -0.39 is 6.04 Å². The number of halogens is 1. The third-order valence-corrected chi connectivity index (χ3v) is 5.23. The molecule has 0 unspecified atom stereocenters. The van der Waals surface area contributed by atoms with E-state index in [0.29, 0.717) is 30.2 Å². The highest BCUT2D eigenvalue weighted by Gasteiger charge is 2.27. The molecule has 3 amide bonds. The van der Waals surface area contributed by atoms with Gasteiger partial charge in [0, 0.05) is 37.3 Å². The van der Waals surface area contributed by atoms with Crippen molar-refractivity contribution in [2.75, 3.05) is 38.1 Å². The Kier molecular flexibility index (Phi) is 7.43. The molecule has 0 saturated carbocycles. The Labute approximate surface area is 181 Å². The third-order valence-electron chi connectivity index (χ3n) is 4.98. The summed E-state index contributed by atoms with van der Waals surface area (Å²) in [6, 6.07) is 15.7. The maximum absolute atomic E-state index is 13.2. The zero-order chi connectivity index (χ0) is 21.5. The van der Waals surface area contributed by atoms with Crippen molar-refractivity contribution >= 4 is 35.0 Å². The van der Waals surface area contributed by atoms with E-state index in [-0.39, 0.29) is 30.8 Å². The number of rotatable bonds is 7. The first-order chi connectivity index (χ1) is 14.4. The molecule has 1 fully saturated rings. The number of nitrogens with zero attached hydrogens (tertiary/aromatic N) is 2. The van der Waals surface area contributed by atoms with E-state index in [4.69, 9.17) is 11.6 Å². The van der Waals surface area contributed by atoms with Gasteiger partial charge in [0.1, 0.15) is 6.04 Å². The second-order valence-electron chi connectivity index (χ2n) is 7.18. The predicted molar refractivity (Wildman–Crippen MR) is 116 cm³/mol. The normalized spacial score (nSPS) is 14.9. The Morgan fingerprint density at radius 1 is 1.17 bits per heavy atom. The number of piperazine rings is 1. The molecule has 1 saturated heterocycles. The van der Waals surface area contributed by atoms with Gasteiger partial charge < -0.3 is 20.4 Å². The monoisotopic (exact) mass is 428 g/mol. The lowest BCUT2D eigenvalue weighted by molar-refractivity contribution is -0.137. The number of hydrogen-bond donors (Lipinski definition) is 2. The topological polar surface area (TPSA) is 81.8 Å². The van der Waals surface area contributed by atoms with Crippen molar-refractivity contribution in [1.82, 2.24) is 15.5 Å². The molecule has 1 aliphatic heterocycles. The van der Waals surface area contributed by atoms with Crippen molar-refractivity contribution in [3.05, 3.63) is 65.2 Å². The third kappa shape index (κ3) is 5.81. The van der Waals surface area contributed by atoms with Crippen LogP contribution < -0.4 is 15.5 Å². The first-order valence-corrected chi connectivity index (χ1v) is 10.2. The minimum Gasteiger partial charge on any atom is -0.342 e. The Morgan fingerprint density at radius 3 is 2.53 bits per heavy atom. The summed E-state index contributed by atoms with van der Waals surface area (Å²) in [5.74, 6) is -0.731. The molecule has 2 aromatic rings. The van der Waals surface area contributed by atoms with Crippen molar-refractivity contribution in [1.29, 1.82) is 0 Å². The lowest BCUT2D eigenvalue weighted by atomic mass is 10.0. The molecule has 30 heavy (non-hydrogen) atoms. The summed E-state index contributed by atoms with van der Waals surface area (Å²) in [6.07, 6.45) is 0.346. The Bertz CT molecular complexity index is 889. The summed E-state index contributed by atoms with van der Waals surface area (Å²) in [4.78, 5) is 40.8. The SMILES string of the molecule is CN(C(=O)[C@H](Cc1ccccc1)NC(=O)CN1CCNCC1=O)c1ccc(Cl)cc1. The van der Waals surface area contributed by atoms with Crippen LogP contribution in [-0.4, -0.2) is 61.9 Å². The molecule has 1 heterocycles. The van der Waals surface area contributed by atoms with Crippen LogP contribution in [0.15, 0.2) is 54.6 Å². The molecule has 0 aromatic heterocycles. The van der Waals surface area contributed by atoms with E-state index in [1.54, 1.807) is 31.3 Å². The van der Waals surface area contributed by atoms with E-state index in [9.17, 15) is 14.4 Å². The van der Waals surface area contributed by atoms with Gasteiger partial charge in [0.05, 0.1) is 13.1 Å². The van der Waals surface area contributed by atoms with E-state index in [1.165, 1.54) is 9.80 Å². The molecule has 3 rings (SSSR count). The Hall–Kier alpha value is -2.90. The summed E-state index contributed by atoms with van der Waals surface area (Å²) < 4.78 is 0. The van der Waals surface area contributed by atoms with Gasteiger partial charge in [-0.15, -0.1) is 0 Å². The quantitative estimate of drug-likeness (QED) is 0.699. The molecule has 158 valence electrons. The zero-order valence-electron chi connectivity index (χ0n) is 16.8. The molecule has 1 atom stereocenters. The fraction of sp³-hybridized carbons (Fsp3) is 0.318. The number of carbonyl (C=O) groups is 3. The van der Waals surface area contributed by atoms with E-state index in [2.05, 4.69) is 10.6 Å². The zero-order valence-corrected chi connectivity index (χ0v) is 17.6. The highest BCUT2D eigenvalue weighted by molar-refractivity contribution is 6.30. The second-order valence-corrected chi connectivity index (χ2v) is 7.61. The summed E-state index contributed by atoms with van der Waals surface area (Å²) in [6.45, 7) is 1.27. The van der Waals surface area contributed by atoms with Crippen molar-refractivity contribution in [2.24, 2.45) is 0 Å². The largest absolute Gasteiger partial charge is 0.342 e. The summed E-state index contributed by atoms with van der Waals surface area (Å²) >= 11 is 5.94. The summed E-state index contributed by atoms with van der Waals surface area (Å²) in [7, 11) is 1.66. The molecular formula is C22H25ClN4O3. The number of anilines is 1. The molecule has 7 nitrogen and oxygen atoms in total. The number of hydrogen-bond acceptors (Lipinski definition) is 4. The average Bonchev–Trinajstić information content (AvgIpc) is 2.75. The molecule has 2 N–H and O–H groups in total. The molecular weight excluding hydrogens is 404 g/mol. The fourth-order valence-electron chi connectivity index (χ4n) is 3.30. The van der Waals surface area contributed by atoms with Crippen molar-refractivity contribution in [3.63, 3.8) is 0 Å². The molecule has 0 radical (unpaired) electrons. The van der Waals surface area contributed by atoms with Crippen LogP contribution in [0.2, 0.25) is 5.02 Å². The van der Waals surface area contributed by atoms with Gasteiger partial charge in [-0.05, 0) is 29.8 Å². The van der Waals surface area contributed by atoms with Crippen LogP contribution >= 0.6 is 11.6 Å². The van der Waals surface area contributed by atoms with Gasteiger partial charge in [-0.1, -0.05) is 41.9 Å². The van der Waals surface area contributed by atoms with Crippen molar-refractivity contribution in [3.8, 4) is 0 Å². The van der Waals surface area contributed by atoms with Gasteiger partial charge >= 0.3 is 0 Å². The molecule has 2 aromatic carbocycles. The molecule has 8 heteroatoms. The van der Waals surface area contributed by atoms with Gasteiger partial charge in [-0.3, -0.25) is 14.4 Å². The highest BCUT2D eigenvalue weighted by atomic mass is 35.5. The fourth-order valence-corrected chi connectivity index (χ4v) is 3.43. The lowest BCUT2D eigenvalue weighted by Crippen LogP contribution is -2.54. The highest BCUT2D eigenvalue weighted by Crippen LogP contribution is 2.18. The summed E-state index contributed by atoms with van der Waals surface area (Å²) in [5, 5.41) is 6.38. The molecule has 1 aliphatic rings. The van der Waals surface area contributed by atoms with Crippen LogP contribution in [0.25, 0.3) is 0 Å². The van der Waals surface area contributed by atoms with E-state index in [1.807, 2.05) is 30.3 Å². The Balaban J connectivity index is 1.73. The molecule has 0 bridgehead atoms. The minimum absolute atomic E-state index is 0.0657. The minimum atomic E-state index is -0.765. The van der Waals surface area contributed by atoms with Crippen LogP contribution in [-0.2, 0) is 20.8 Å². The maximum Gasteiger partial charge on any atom is 0.249 e. The Morgan fingerprint density at radius 2 is 1.87 bits per heavy atom. The van der Waals surface area contributed by atoms with Crippen LogP contribution in [0, 0.1) is 0 Å². The number of amides is 3. The second kappa shape index (κ2) is 10.2. The lowest BCUT2D eigenvalue weighted by Gasteiger charge is -2.29. The first kappa shape index (κ1) is 21.8. The summed E-state index contributed by atoms with van der Waals surface area (Å²) in [5.41, 5.74) is 1.60. The maximum atomic E-state index is 13.2. The van der Waals surface area contributed by atoms with Crippen LogP contribution in [0.1, 0.15) is 5.56 Å². The van der Waals surface area contributed by atoms with Gasteiger partial charge in [0.15, 0.2) is 0 Å². The van der Waals surface area contributed by atoms with Gasteiger partial charge in [0.2, 0.25) is 17.7 Å². The van der Waals surface area contributed by atoms with E-state index in [0.717, 1.165) is 5.56 Å². The van der Waals surface area contributed by atoms with Crippen LogP contribution in [0.5, 0.6) is 0 Å². The smallest absolute Gasteiger partial charge is 0.249 e. The van der Waals surface area contributed by atoms with Crippen LogP contribution in [0.3, 0.4) is 0 Å². The predicted octanol–water partition coefficient (Wildman–Crippen LogP) is 1.46.